The summed E-state index contributed by atoms with van der Waals surface area (Å²) in [5.41, 5.74) is 0.743. The molecule has 0 bridgehead atoms. The third kappa shape index (κ3) is 3.81. The Labute approximate surface area is 145 Å². The monoisotopic (exact) mass is 344 g/mol. The van der Waals surface area contributed by atoms with Crippen LogP contribution in [0, 0.1) is 0 Å². The lowest BCUT2D eigenvalue weighted by Crippen LogP contribution is -2.45. The number of methoxy groups -OCH3 is 2. The third-order valence-electron chi connectivity index (χ3n) is 4.27. The van der Waals surface area contributed by atoms with Crippen LogP contribution in [0.4, 0.5) is 0 Å². The molecule has 1 saturated carbocycles. The first kappa shape index (κ1) is 17.0. The molecule has 1 aliphatic heterocycles. The zero-order valence-electron chi connectivity index (χ0n) is 14.2. The van der Waals surface area contributed by atoms with Crippen molar-refractivity contribution in [2.75, 3.05) is 14.2 Å². The predicted molar refractivity (Wildman–Crippen MR) is 90.0 cm³/mol. The van der Waals surface area contributed by atoms with Gasteiger partial charge in [-0.05, 0) is 36.6 Å². The van der Waals surface area contributed by atoms with Crippen molar-refractivity contribution in [2.45, 2.75) is 31.3 Å². The average molecular weight is 344 g/mol. The van der Waals surface area contributed by atoms with Gasteiger partial charge >= 0.3 is 0 Å². The van der Waals surface area contributed by atoms with Crippen LogP contribution in [0.15, 0.2) is 24.3 Å². The van der Waals surface area contributed by atoms with Gasteiger partial charge in [0.1, 0.15) is 17.5 Å². The summed E-state index contributed by atoms with van der Waals surface area (Å²) in [6.45, 7) is 0. The first-order chi connectivity index (χ1) is 12.0. The van der Waals surface area contributed by atoms with Crippen molar-refractivity contribution in [1.82, 2.24) is 10.2 Å². The number of carbonyl (C=O) groups is 3. The summed E-state index contributed by atoms with van der Waals surface area (Å²) in [7, 11) is 3.11. The van der Waals surface area contributed by atoms with Crippen LogP contribution in [-0.2, 0) is 14.4 Å². The number of imide groups is 1. The number of nitrogens with one attached hydrogen (secondary N) is 1. The number of benzene rings is 1. The number of ether oxygens (including phenoxy) is 2. The molecule has 2 fully saturated rings. The average Bonchev–Trinajstić information content (AvgIpc) is 3.38. The van der Waals surface area contributed by atoms with E-state index in [2.05, 4.69) is 5.32 Å². The number of hydrogen-bond donors (Lipinski definition) is 1. The minimum Gasteiger partial charge on any atom is -0.497 e. The van der Waals surface area contributed by atoms with E-state index in [1.165, 1.54) is 11.0 Å². The van der Waals surface area contributed by atoms with E-state index in [0.29, 0.717) is 11.5 Å². The summed E-state index contributed by atoms with van der Waals surface area (Å²) in [5, 5.41) is 2.26. The second-order valence-corrected chi connectivity index (χ2v) is 6.09. The number of amides is 3. The van der Waals surface area contributed by atoms with Gasteiger partial charge in [0.15, 0.2) is 0 Å². The van der Waals surface area contributed by atoms with Crippen LogP contribution in [0.5, 0.6) is 11.5 Å². The summed E-state index contributed by atoms with van der Waals surface area (Å²) in [6.07, 6.45) is 4.80. The van der Waals surface area contributed by atoms with Crippen molar-refractivity contribution in [2.24, 2.45) is 0 Å². The minimum atomic E-state index is -0.711. The molecule has 1 aliphatic carbocycles. The van der Waals surface area contributed by atoms with E-state index < -0.39 is 11.9 Å². The number of hydrogen-bond acceptors (Lipinski definition) is 5. The minimum absolute atomic E-state index is 0.0265. The molecule has 2 aliphatic rings. The van der Waals surface area contributed by atoms with Gasteiger partial charge in [-0.25, -0.2) is 0 Å². The van der Waals surface area contributed by atoms with Crippen LogP contribution in [0.25, 0.3) is 6.08 Å². The van der Waals surface area contributed by atoms with E-state index in [1.807, 2.05) is 0 Å². The Kier molecular flexibility index (Phi) is 4.74. The van der Waals surface area contributed by atoms with Crippen LogP contribution in [0.1, 0.15) is 24.8 Å². The standard InChI is InChI=1S/C18H20N2O5/c1-24-13-7-11(8-14(9-13)25-2)3-6-17(22)20(12-4-5-12)15-10-16(21)19-18(15)23/h3,6-9,12,15H,4-5,10H2,1-2H3,(H,19,21,23)/b6-3-/t15-/m1/s1. The molecule has 1 atom stereocenters. The molecule has 1 saturated heterocycles. The number of rotatable bonds is 6. The first-order valence-corrected chi connectivity index (χ1v) is 8.09. The molecule has 132 valence electrons. The van der Waals surface area contributed by atoms with E-state index in [1.54, 1.807) is 38.5 Å². The van der Waals surface area contributed by atoms with Gasteiger partial charge in [-0.2, -0.15) is 0 Å². The van der Waals surface area contributed by atoms with E-state index in [-0.39, 0.29) is 24.3 Å². The Hall–Kier alpha value is -2.83. The molecule has 0 unspecified atom stereocenters. The fourth-order valence-corrected chi connectivity index (χ4v) is 2.88. The summed E-state index contributed by atoms with van der Waals surface area (Å²) < 4.78 is 10.4. The van der Waals surface area contributed by atoms with Gasteiger partial charge in [0, 0.05) is 18.2 Å². The molecule has 1 heterocycles. The van der Waals surface area contributed by atoms with Crippen molar-refractivity contribution in [3.8, 4) is 11.5 Å². The van der Waals surface area contributed by atoms with Crippen LogP contribution in [0.2, 0.25) is 0 Å². The maximum atomic E-state index is 12.6. The number of nitrogens with zero attached hydrogens (tertiary/aromatic N) is 1. The molecule has 7 heteroatoms. The van der Waals surface area contributed by atoms with Crippen molar-refractivity contribution in [3.63, 3.8) is 0 Å². The van der Waals surface area contributed by atoms with Crippen LogP contribution < -0.4 is 14.8 Å². The fourth-order valence-electron chi connectivity index (χ4n) is 2.88. The largest absolute Gasteiger partial charge is 0.497 e. The lowest BCUT2D eigenvalue weighted by atomic mass is 10.1. The Morgan fingerprint density at radius 2 is 1.80 bits per heavy atom. The molecule has 3 rings (SSSR count). The normalized spacial score (nSPS) is 19.8. The van der Waals surface area contributed by atoms with E-state index in [9.17, 15) is 14.4 Å². The molecule has 25 heavy (non-hydrogen) atoms. The number of carbonyl (C=O) groups excluding carboxylic acids is 3. The van der Waals surface area contributed by atoms with E-state index >= 15 is 0 Å². The van der Waals surface area contributed by atoms with Crippen LogP contribution >= 0.6 is 0 Å². The first-order valence-electron chi connectivity index (χ1n) is 8.09. The van der Waals surface area contributed by atoms with Gasteiger partial charge in [0.05, 0.1) is 20.6 Å². The highest BCUT2D eigenvalue weighted by Crippen LogP contribution is 2.31. The van der Waals surface area contributed by atoms with Gasteiger partial charge in [-0.3, -0.25) is 19.7 Å². The Bertz CT molecular complexity index is 717. The second kappa shape index (κ2) is 6.96. The maximum absolute atomic E-state index is 12.6. The maximum Gasteiger partial charge on any atom is 0.249 e. The molecule has 1 aromatic carbocycles. The predicted octanol–water partition coefficient (Wildman–Crippen LogP) is 1.12. The molecular formula is C18H20N2O5. The molecule has 0 aromatic heterocycles. The zero-order chi connectivity index (χ0) is 18.0. The Morgan fingerprint density at radius 1 is 1.16 bits per heavy atom. The van der Waals surface area contributed by atoms with Gasteiger partial charge < -0.3 is 14.4 Å². The molecule has 1 N–H and O–H groups in total. The van der Waals surface area contributed by atoms with E-state index in [4.69, 9.17) is 9.47 Å². The lowest BCUT2D eigenvalue weighted by molar-refractivity contribution is -0.135. The summed E-state index contributed by atoms with van der Waals surface area (Å²) in [6, 6.07) is 4.61. The molecule has 0 radical (unpaired) electrons. The van der Waals surface area contributed by atoms with E-state index in [0.717, 1.165) is 18.4 Å². The molecule has 0 spiro atoms. The summed E-state index contributed by atoms with van der Waals surface area (Å²) in [5.74, 6) is 0.216. The lowest BCUT2D eigenvalue weighted by Gasteiger charge is -2.25. The Morgan fingerprint density at radius 3 is 2.28 bits per heavy atom. The summed E-state index contributed by atoms with van der Waals surface area (Å²) in [4.78, 5) is 37.5. The fraction of sp³-hybridized carbons (Fsp3) is 0.389. The zero-order valence-corrected chi connectivity index (χ0v) is 14.2. The van der Waals surface area contributed by atoms with Crippen molar-refractivity contribution in [3.05, 3.63) is 29.8 Å². The topological polar surface area (TPSA) is 84.9 Å². The molecule has 1 aromatic rings. The van der Waals surface area contributed by atoms with Crippen LogP contribution in [-0.4, -0.2) is 48.9 Å². The van der Waals surface area contributed by atoms with Crippen molar-refractivity contribution in [1.29, 1.82) is 0 Å². The summed E-state index contributed by atoms with van der Waals surface area (Å²) >= 11 is 0. The van der Waals surface area contributed by atoms with Gasteiger partial charge in [-0.1, -0.05) is 0 Å². The molecular weight excluding hydrogens is 324 g/mol. The van der Waals surface area contributed by atoms with Crippen molar-refractivity contribution >= 4 is 23.8 Å². The third-order valence-corrected chi connectivity index (χ3v) is 4.27. The molecule has 3 amide bonds. The highest BCUT2D eigenvalue weighted by molar-refractivity contribution is 6.08. The quantitative estimate of drug-likeness (QED) is 0.617. The highest BCUT2D eigenvalue weighted by atomic mass is 16.5. The highest BCUT2D eigenvalue weighted by Gasteiger charge is 2.43. The van der Waals surface area contributed by atoms with Gasteiger partial charge in [-0.15, -0.1) is 0 Å². The van der Waals surface area contributed by atoms with Gasteiger partial charge in [0.2, 0.25) is 17.7 Å². The molecule has 7 nitrogen and oxygen atoms in total. The SMILES string of the molecule is COc1cc(/C=C\C(=O)N(C2CC2)[C@@H]2CC(=O)NC2=O)cc(OC)c1. The van der Waals surface area contributed by atoms with Crippen molar-refractivity contribution < 1.29 is 23.9 Å². The smallest absolute Gasteiger partial charge is 0.249 e. The van der Waals surface area contributed by atoms with Crippen LogP contribution in [0.3, 0.4) is 0 Å². The van der Waals surface area contributed by atoms with Gasteiger partial charge in [0.25, 0.3) is 0 Å². The Balaban J connectivity index is 1.79. The second-order valence-electron chi connectivity index (χ2n) is 6.09.